The molecule has 0 aromatic heterocycles. The van der Waals surface area contributed by atoms with E-state index in [1.165, 1.54) is 12.1 Å². The third-order valence-corrected chi connectivity index (χ3v) is 6.68. The lowest BCUT2D eigenvalue weighted by molar-refractivity contribution is 0.0557. The van der Waals surface area contributed by atoms with Crippen molar-refractivity contribution in [3.8, 4) is 0 Å². The van der Waals surface area contributed by atoms with Crippen LogP contribution in [0.3, 0.4) is 0 Å². The number of thioether (sulfide) groups is 1. The van der Waals surface area contributed by atoms with Crippen LogP contribution in [-0.4, -0.2) is 15.5 Å². The lowest BCUT2D eigenvalue weighted by Crippen LogP contribution is -2.14. The molecule has 0 heterocycles. The monoisotopic (exact) mass is 516 g/mol. The molecule has 0 aliphatic carbocycles. The third kappa shape index (κ3) is 6.76. The number of halogens is 3. The highest BCUT2D eigenvalue weighted by molar-refractivity contribution is 9.10. The molecule has 1 rings (SSSR count). The smallest absolute Gasteiger partial charge is 0.320 e. The normalized spacial score (nSPS) is 13.9. The molecule has 8 heteroatoms. The second-order valence-corrected chi connectivity index (χ2v) is 9.59. The van der Waals surface area contributed by atoms with Crippen LogP contribution in [0.2, 0.25) is 0 Å². The van der Waals surface area contributed by atoms with Crippen molar-refractivity contribution >= 4 is 35.3 Å². The Kier molecular flexibility index (Phi) is 10.4. The molecule has 3 nitrogen and oxygen atoms in total. The van der Waals surface area contributed by atoms with Gasteiger partial charge in [0.25, 0.3) is 0 Å². The van der Waals surface area contributed by atoms with Crippen LogP contribution in [0.1, 0.15) is 18.1 Å². The zero-order valence-corrected chi connectivity index (χ0v) is 19.8. The van der Waals surface area contributed by atoms with Gasteiger partial charge < -0.3 is 9.79 Å². The summed E-state index contributed by atoms with van der Waals surface area (Å²) in [6.07, 6.45) is 10.9. The zero-order chi connectivity index (χ0) is 22.9. The fraction of sp³-hybridized carbons (Fsp3) is 0.182. The Morgan fingerprint density at radius 3 is 2.40 bits per heavy atom. The standard InChI is InChI=1S/C22H24BrF2O3PS/c1-5-9-17(7-3)19(8-4)18(10-6-2)15-30-14-16-11-12-20(21(23)13-16)22(24,25)29(26,27)28/h5-13H,1,3-4,14-15H2,2H3,(H2,26,27,28)/b10-6-,17-9+,19-18-. The molecule has 1 aromatic carbocycles. The summed E-state index contributed by atoms with van der Waals surface area (Å²) in [5.74, 6) is 1.15. The number of alkyl halides is 2. The maximum atomic E-state index is 14.0. The van der Waals surface area contributed by atoms with Crippen LogP contribution in [0.5, 0.6) is 0 Å². The topological polar surface area (TPSA) is 57.5 Å². The molecule has 0 unspecified atom stereocenters. The Morgan fingerprint density at radius 2 is 1.93 bits per heavy atom. The molecular formula is C22H24BrF2O3PS. The molecule has 0 amide bonds. The minimum Gasteiger partial charge on any atom is -0.320 e. The lowest BCUT2D eigenvalue weighted by Gasteiger charge is -2.19. The summed E-state index contributed by atoms with van der Waals surface area (Å²) in [5.41, 5.74) is -1.42. The number of allylic oxidation sites excluding steroid dienone is 8. The van der Waals surface area contributed by atoms with E-state index in [1.54, 1.807) is 30.0 Å². The fourth-order valence-electron chi connectivity index (χ4n) is 2.57. The summed E-state index contributed by atoms with van der Waals surface area (Å²) in [4.78, 5) is 17.8. The molecule has 0 spiro atoms. The summed E-state index contributed by atoms with van der Waals surface area (Å²) < 4.78 is 39.0. The minimum absolute atomic E-state index is 0.0483. The molecule has 0 saturated carbocycles. The highest BCUT2D eigenvalue weighted by atomic mass is 79.9. The Bertz CT molecular complexity index is 946. The van der Waals surface area contributed by atoms with Crippen LogP contribution >= 0.6 is 35.3 Å². The molecule has 162 valence electrons. The zero-order valence-electron chi connectivity index (χ0n) is 16.5. The van der Waals surface area contributed by atoms with Gasteiger partial charge in [-0.05, 0) is 35.3 Å². The molecule has 0 radical (unpaired) electrons. The van der Waals surface area contributed by atoms with Crippen molar-refractivity contribution in [2.45, 2.75) is 18.3 Å². The van der Waals surface area contributed by atoms with Gasteiger partial charge in [0, 0.05) is 21.5 Å². The van der Waals surface area contributed by atoms with Crippen molar-refractivity contribution in [1.82, 2.24) is 0 Å². The van der Waals surface area contributed by atoms with Gasteiger partial charge in [0.15, 0.2) is 0 Å². The van der Waals surface area contributed by atoms with Crippen molar-refractivity contribution in [1.29, 1.82) is 0 Å². The number of rotatable bonds is 11. The van der Waals surface area contributed by atoms with Gasteiger partial charge in [0.1, 0.15) is 0 Å². The summed E-state index contributed by atoms with van der Waals surface area (Å²) in [6, 6.07) is 3.93. The molecule has 0 saturated heterocycles. The van der Waals surface area contributed by atoms with Gasteiger partial charge in [-0.2, -0.15) is 20.5 Å². The third-order valence-electron chi connectivity index (χ3n) is 4.00. The maximum absolute atomic E-state index is 14.0. The van der Waals surface area contributed by atoms with Gasteiger partial charge in [-0.1, -0.05) is 84.3 Å². The van der Waals surface area contributed by atoms with E-state index < -0.39 is 18.8 Å². The first-order valence-electron chi connectivity index (χ1n) is 8.77. The predicted octanol–water partition coefficient (Wildman–Crippen LogP) is 7.27. The van der Waals surface area contributed by atoms with E-state index in [0.29, 0.717) is 11.5 Å². The van der Waals surface area contributed by atoms with E-state index in [9.17, 15) is 13.3 Å². The van der Waals surface area contributed by atoms with Crippen LogP contribution in [0, 0.1) is 0 Å². The second-order valence-electron chi connectivity index (χ2n) is 6.10. The van der Waals surface area contributed by atoms with Crippen LogP contribution in [0.4, 0.5) is 8.78 Å². The Labute approximate surface area is 189 Å². The molecule has 1 aromatic rings. The van der Waals surface area contributed by atoms with Crippen LogP contribution < -0.4 is 0 Å². The van der Waals surface area contributed by atoms with Gasteiger partial charge in [0.2, 0.25) is 0 Å². The summed E-state index contributed by atoms with van der Waals surface area (Å²) in [7, 11) is -5.62. The molecular weight excluding hydrogens is 493 g/mol. The fourth-order valence-corrected chi connectivity index (χ4v) is 4.90. The molecule has 0 bridgehead atoms. The Balaban J connectivity index is 3.07. The first-order valence-corrected chi connectivity index (χ1v) is 12.3. The largest absolute Gasteiger partial charge is 0.399 e. The summed E-state index contributed by atoms with van der Waals surface area (Å²) in [5, 5.41) is 0. The number of hydrogen-bond acceptors (Lipinski definition) is 2. The van der Waals surface area contributed by atoms with Gasteiger partial charge in [-0.25, -0.2) is 0 Å². The van der Waals surface area contributed by atoms with E-state index >= 15 is 0 Å². The average molecular weight is 517 g/mol. The van der Waals surface area contributed by atoms with E-state index in [-0.39, 0.29) is 4.47 Å². The first kappa shape index (κ1) is 26.5. The van der Waals surface area contributed by atoms with Gasteiger partial charge >= 0.3 is 13.3 Å². The van der Waals surface area contributed by atoms with Gasteiger partial charge in [-0.3, -0.25) is 4.57 Å². The average Bonchev–Trinajstić information content (AvgIpc) is 2.66. The van der Waals surface area contributed by atoms with Crippen LogP contribution in [-0.2, 0) is 16.0 Å². The van der Waals surface area contributed by atoms with Crippen LogP contribution in [0.25, 0.3) is 0 Å². The molecule has 0 aliphatic rings. The van der Waals surface area contributed by atoms with Gasteiger partial charge in [0.05, 0.1) is 0 Å². The lowest BCUT2D eigenvalue weighted by atomic mass is 10.00. The molecule has 30 heavy (non-hydrogen) atoms. The van der Waals surface area contributed by atoms with Crippen molar-refractivity contribution < 1.29 is 23.1 Å². The summed E-state index contributed by atoms with van der Waals surface area (Å²) in [6.45, 7) is 13.3. The highest BCUT2D eigenvalue weighted by Crippen LogP contribution is 2.60. The van der Waals surface area contributed by atoms with Crippen molar-refractivity contribution in [3.05, 3.63) is 107 Å². The Hall–Kier alpha value is -1.50. The molecule has 0 aliphatic heterocycles. The van der Waals surface area contributed by atoms with Crippen molar-refractivity contribution in [2.24, 2.45) is 0 Å². The minimum atomic E-state index is -5.62. The van der Waals surface area contributed by atoms with Gasteiger partial charge in [-0.15, -0.1) is 0 Å². The van der Waals surface area contributed by atoms with E-state index in [0.717, 1.165) is 28.3 Å². The van der Waals surface area contributed by atoms with Crippen molar-refractivity contribution in [3.63, 3.8) is 0 Å². The molecule has 0 atom stereocenters. The number of hydrogen-bond donors (Lipinski definition) is 2. The second kappa shape index (κ2) is 11.8. The Morgan fingerprint density at radius 1 is 1.27 bits per heavy atom. The molecule has 2 N–H and O–H groups in total. The van der Waals surface area contributed by atoms with E-state index in [1.807, 2.05) is 25.2 Å². The maximum Gasteiger partial charge on any atom is 0.399 e. The predicted molar refractivity (Wildman–Crippen MR) is 127 cm³/mol. The van der Waals surface area contributed by atoms with Crippen LogP contribution in [0.15, 0.2) is 95.6 Å². The quantitative estimate of drug-likeness (QED) is 0.240. The van der Waals surface area contributed by atoms with E-state index in [4.69, 9.17) is 9.79 Å². The highest BCUT2D eigenvalue weighted by Gasteiger charge is 2.51. The summed E-state index contributed by atoms with van der Waals surface area (Å²) >= 11 is 4.57. The van der Waals surface area contributed by atoms with Crippen molar-refractivity contribution in [2.75, 3.05) is 5.75 Å². The number of benzene rings is 1. The first-order chi connectivity index (χ1) is 14.0. The van der Waals surface area contributed by atoms with E-state index in [2.05, 4.69) is 35.7 Å². The SMILES string of the molecule is C=C/C=C(C=C)/C(C=C)=C(/C=C\C)CSCc1ccc(C(F)(F)P(=O)(O)O)c(Br)c1. The molecule has 0 fully saturated rings.